The van der Waals surface area contributed by atoms with Crippen molar-refractivity contribution in [1.82, 2.24) is 10.2 Å². The van der Waals surface area contributed by atoms with Crippen molar-refractivity contribution in [3.05, 3.63) is 59.7 Å². The van der Waals surface area contributed by atoms with Crippen molar-refractivity contribution < 1.29 is 29.3 Å². The summed E-state index contributed by atoms with van der Waals surface area (Å²) in [6, 6.07) is 14.1. The van der Waals surface area contributed by atoms with Gasteiger partial charge in [-0.05, 0) is 41.0 Å². The van der Waals surface area contributed by atoms with Crippen LogP contribution >= 0.6 is 0 Å². The molecule has 1 heterocycles. The van der Waals surface area contributed by atoms with Gasteiger partial charge in [0.15, 0.2) is 0 Å². The number of rotatable bonds is 6. The van der Waals surface area contributed by atoms with Crippen LogP contribution in [0.1, 0.15) is 36.3 Å². The maximum Gasteiger partial charge on any atom is 0.407 e. The Morgan fingerprint density at radius 1 is 1.03 bits per heavy atom. The number of aliphatic carboxylic acids is 1. The van der Waals surface area contributed by atoms with Gasteiger partial charge < -0.3 is 25.2 Å². The number of fused-ring (bicyclic) bond motifs is 3. The lowest BCUT2D eigenvalue weighted by molar-refractivity contribution is -0.149. The molecule has 3 aliphatic rings. The Morgan fingerprint density at radius 3 is 2.21 bits per heavy atom. The van der Waals surface area contributed by atoms with Crippen LogP contribution in [0.4, 0.5) is 4.79 Å². The number of carbonyl (C=O) groups is 3. The summed E-state index contributed by atoms with van der Waals surface area (Å²) in [6.07, 6.45) is -0.0516. The van der Waals surface area contributed by atoms with E-state index < -0.39 is 36.2 Å². The van der Waals surface area contributed by atoms with Gasteiger partial charge in [0, 0.05) is 18.9 Å². The maximum atomic E-state index is 13.1. The number of carboxylic acids is 1. The monoisotopic (exact) mass is 450 g/mol. The van der Waals surface area contributed by atoms with E-state index in [1.807, 2.05) is 36.4 Å². The first kappa shape index (κ1) is 21.5. The van der Waals surface area contributed by atoms with Gasteiger partial charge in [-0.2, -0.15) is 0 Å². The van der Waals surface area contributed by atoms with Gasteiger partial charge in [0.1, 0.15) is 18.7 Å². The van der Waals surface area contributed by atoms with Crippen LogP contribution in [0.2, 0.25) is 0 Å². The minimum atomic E-state index is -1.16. The third-order valence-corrected chi connectivity index (χ3v) is 6.82. The maximum absolute atomic E-state index is 13.1. The molecule has 5 rings (SSSR count). The number of ether oxygens (including phenoxy) is 1. The molecule has 2 aliphatic carbocycles. The highest BCUT2D eigenvalue weighted by Gasteiger charge is 2.46. The quantitative estimate of drug-likeness (QED) is 0.622. The summed E-state index contributed by atoms with van der Waals surface area (Å²) in [4.78, 5) is 38.5. The number of likely N-dealkylation sites (tertiary alicyclic amines) is 1. The molecule has 172 valence electrons. The number of aliphatic hydroxyl groups excluding tert-OH is 1. The molecular formula is C25H26N2O6. The van der Waals surface area contributed by atoms with Gasteiger partial charge >= 0.3 is 12.1 Å². The highest BCUT2D eigenvalue weighted by Crippen LogP contribution is 2.44. The van der Waals surface area contributed by atoms with Crippen LogP contribution in [0.15, 0.2) is 48.5 Å². The Balaban J connectivity index is 1.27. The molecule has 2 aromatic rings. The predicted octanol–water partition coefficient (Wildman–Crippen LogP) is 2.35. The van der Waals surface area contributed by atoms with Gasteiger partial charge in [0.2, 0.25) is 5.91 Å². The number of alkyl carbamates (subject to hydrolysis) is 1. The van der Waals surface area contributed by atoms with E-state index in [4.69, 9.17) is 4.74 Å². The van der Waals surface area contributed by atoms with Crippen molar-refractivity contribution in [3.63, 3.8) is 0 Å². The summed E-state index contributed by atoms with van der Waals surface area (Å²) < 4.78 is 5.57. The fraction of sp³-hybridized carbons (Fsp3) is 0.400. The van der Waals surface area contributed by atoms with Crippen molar-refractivity contribution in [2.45, 2.75) is 43.4 Å². The molecule has 2 amide bonds. The Labute approximate surface area is 191 Å². The molecule has 8 nitrogen and oxygen atoms in total. The summed E-state index contributed by atoms with van der Waals surface area (Å²) in [6.45, 7) is 0.0804. The second-order valence-corrected chi connectivity index (χ2v) is 9.02. The highest BCUT2D eigenvalue weighted by atomic mass is 16.5. The minimum absolute atomic E-state index is 0.0105. The third kappa shape index (κ3) is 4.06. The van der Waals surface area contributed by atoms with Gasteiger partial charge in [-0.25, -0.2) is 9.59 Å². The molecule has 2 aromatic carbocycles. The number of carboxylic acid groups (broad SMARTS) is 1. The lowest BCUT2D eigenvalue weighted by Crippen LogP contribution is -2.53. The molecule has 0 spiro atoms. The van der Waals surface area contributed by atoms with E-state index >= 15 is 0 Å². The Bertz CT molecular complexity index is 1050. The fourth-order valence-corrected chi connectivity index (χ4v) is 5.05. The summed E-state index contributed by atoms with van der Waals surface area (Å²) in [5, 5.41) is 22.0. The Hall–Kier alpha value is -3.39. The smallest absolute Gasteiger partial charge is 0.407 e. The lowest BCUT2D eigenvalue weighted by atomic mass is 9.98. The number of nitrogens with zero attached hydrogens (tertiary/aromatic N) is 1. The number of benzene rings is 2. The van der Waals surface area contributed by atoms with Gasteiger partial charge in [-0.15, -0.1) is 0 Å². The van der Waals surface area contributed by atoms with Crippen LogP contribution in [0.3, 0.4) is 0 Å². The van der Waals surface area contributed by atoms with Gasteiger partial charge in [0.25, 0.3) is 0 Å². The van der Waals surface area contributed by atoms with Crippen LogP contribution in [0, 0.1) is 5.92 Å². The molecule has 3 atom stereocenters. The molecule has 3 unspecified atom stereocenters. The number of carbonyl (C=O) groups excluding carboxylic acids is 2. The van der Waals surface area contributed by atoms with Crippen molar-refractivity contribution in [3.8, 4) is 11.1 Å². The molecule has 2 fully saturated rings. The Morgan fingerprint density at radius 2 is 1.64 bits per heavy atom. The normalized spacial score (nSPS) is 22.4. The summed E-state index contributed by atoms with van der Waals surface area (Å²) >= 11 is 0. The van der Waals surface area contributed by atoms with Crippen LogP contribution in [-0.4, -0.2) is 64.4 Å². The summed E-state index contributed by atoms with van der Waals surface area (Å²) in [7, 11) is 0. The van der Waals surface area contributed by atoms with Crippen molar-refractivity contribution in [1.29, 1.82) is 0 Å². The number of nitrogens with one attached hydrogen (secondary N) is 1. The molecule has 0 radical (unpaired) electrons. The number of hydrogen-bond acceptors (Lipinski definition) is 5. The number of β-amino-alcohol motifs (C(OH)–C–C–N with tert-alkyl or cyclic N) is 1. The first-order valence-corrected chi connectivity index (χ1v) is 11.3. The average molecular weight is 450 g/mol. The molecule has 1 saturated heterocycles. The van der Waals surface area contributed by atoms with Gasteiger partial charge in [-0.3, -0.25) is 4.79 Å². The second-order valence-electron chi connectivity index (χ2n) is 9.02. The largest absolute Gasteiger partial charge is 0.480 e. The zero-order chi connectivity index (χ0) is 23.1. The van der Waals surface area contributed by atoms with Crippen molar-refractivity contribution in [2.24, 2.45) is 5.92 Å². The zero-order valence-electron chi connectivity index (χ0n) is 18.0. The van der Waals surface area contributed by atoms with Crippen LogP contribution in [0.25, 0.3) is 11.1 Å². The standard InChI is InChI=1S/C25H26N2O6/c28-15-11-21(24(30)31)27(12-15)23(29)22(14-9-10-14)26-25(32)33-13-20-18-7-3-1-5-16(18)17-6-2-4-8-19(17)20/h1-8,14-15,20-22,28H,9-13H2,(H,26,32)(H,30,31). The van der Waals surface area contributed by atoms with E-state index in [0.29, 0.717) is 0 Å². The molecule has 0 bridgehead atoms. The van der Waals surface area contributed by atoms with Crippen molar-refractivity contribution >= 4 is 18.0 Å². The lowest BCUT2D eigenvalue weighted by Gasteiger charge is -2.27. The van der Waals surface area contributed by atoms with Crippen molar-refractivity contribution in [2.75, 3.05) is 13.2 Å². The van der Waals surface area contributed by atoms with E-state index in [2.05, 4.69) is 17.4 Å². The van der Waals surface area contributed by atoms with E-state index in [9.17, 15) is 24.6 Å². The van der Waals surface area contributed by atoms with Crippen LogP contribution in [0.5, 0.6) is 0 Å². The van der Waals surface area contributed by atoms with E-state index in [1.165, 1.54) is 4.90 Å². The van der Waals surface area contributed by atoms with Crippen LogP contribution in [-0.2, 0) is 14.3 Å². The Kier molecular flexibility index (Phi) is 5.54. The summed E-state index contributed by atoms with van der Waals surface area (Å²) in [5.41, 5.74) is 4.44. The first-order valence-electron chi connectivity index (χ1n) is 11.3. The minimum Gasteiger partial charge on any atom is -0.480 e. The van der Waals surface area contributed by atoms with E-state index in [1.54, 1.807) is 0 Å². The zero-order valence-corrected chi connectivity index (χ0v) is 18.0. The molecule has 8 heteroatoms. The van der Waals surface area contributed by atoms with Gasteiger partial charge in [-0.1, -0.05) is 48.5 Å². The second kappa shape index (κ2) is 8.51. The molecule has 1 saturated carbocycles. The molecule has 33 heavy (non-hydrogen) atoms. The molecule has 1 aliphatic heterocycles. The molecular weight excluding hydrogens is 424 g/mol. The molecule has 0 aromatic heterocycles. The average Bonchev–Trinajstić information content (AvgIpc) is 3.50. The number of amides is 2. The summed E-state index contributed by atoms with van der Waals surface area (Å²) in [5.74, 6) is -1.78. The SMILES string of the molecule is O=C(NC(C(=O)N1CC(O)CC1C(=O)O)C1CC1)OCC1c2ccccc2-c2ccccc21. The highest BCUT2D eigenvalue weighted by molar-refractivity contribution is 5.90. The first-order chi connectivity index (χ1) is 15.9. The molecule has 3 N–H and O–H groups in total. The predicted molar refractivity (Wildman–Crippen MR) is 118 cm³/mol. The van der Waals surface area contributed by atoms with E-state index in [0.717, 1.165) is 35.1 Å². The fourth-order valence-electron chi connectivity index (χ4n) is 5.05. The number of aliphatic hydroxyl groups is 1. The van der Waals surface area contributed by atoms with E-state index in [-0.39, 0.29) is 31.4 Å². The van der Waals surface area contributed by atoms with Gasteiger partial charge in [0.05, 0.1) is 6.10 Å². The number of hydrogen-bond donors (Lipinski definition) is 3. The third-order valence-electron chi connectivity index (χ3n) is 6.82. The topological polar surface area (TPSA) is 116 Å². The van der Waals surface area contributed by atoms with Crippen LogP contribution < -0.4 is 5.32 Å².